The summed E-state index contributed by atoms with van der Waals surface area (Å²) >= 11 is 7.10. The molecular formula is C27H25ClF3N5O3S. The van der Waals surface area contributed by atoms with Gasteiger partial charge in [0.2, 0.25) is 0 Å². The monoisotopic (exact) mass is 591 g/mol. The number of fused-ring (bicyclic) bond motifs is 1. The molecule has 0 spiro atoms. The number of carbonyl (C=O) groups excluding carboxylic acids is 2. The second-order valence-corrected chi connectivity index (χ2v) is 10.7. The van der Waals surface area contributed by atoms with Gasteiger partial charge in [0.25, 0.3) is 5.91 Å². The summed E-state index contributed by atoms with van der Waals surface area (Å²) in [5.74, 6) is -0.574. The van der Waals surface area contributed by atoms with Gasteiger partial charge in [0, 0.05) is 36.6 Å². The first-order valence-corrected chi connectivity index (χ1v) is 13.8. The van der Waals surface area contributed by atoms with Gasteiger partial charge < -0.3 is 9.64 Å². The highest BCUT2D eigenvalue weighted by atomic mass is 35.5. The molecule has 2 aromatic carbocycles. The van der Waals surface area contributed by atoms with Crippen LogP contribution in [-0.4, -0.2) is 76.0 Å². The average Bonchev–Trinajstić information content (AvgIpc) is 3.47. The van der Waals surface area contributed by atoms with Gasteiger partial charge in [0.05, 0.1) is 41.9 Å². The summed E-state index contributed by atoms with van der Waals surface area (Å²) in [6.45, 7) is 4.89. The number of esters is 1. The summed E-state index contributed by atoms with van der Waals surface area (Å²) in [5, 5.41) is 5.67. The van der Waals surface area contributed by atoms with Crippen molar-refractivity contribution in [1.82, 2.24) is 19.6 Å². The number of rotatable bonds is 6. The molecule has 40 heavy (non-hydrogen) atoms. The van der Waals surface area contributed by atoms with Crippen molar-refractivity contribution in [3.63, 3.8) is 0 Å². The zero-order valence-corrected chi connectivity index (χ0v) is 23.0. The lowest BCUT2D eigenvalue weighted by atomic mass is 10.1. The van der Waals surface area contributed by atoms with Crippen molar-refractivity contribution in [3.8, 4) is 0 Å². The number of amidine groups is 1. The van der Waals surface area contributed by atoms with E-state index >= 15 is 0 Å². The lowest BCUT2D eigenvalue weighted by Crippen LogP contribution is -2.49. The Morgan fingerprint density at radius 3 is 2.65 bits per heavy atom. The summed E-state index contributed by atoms with van der Waals surface area (Å²) in [7, 11) is 0. The maximum atomic E-state index is 13.5. The first kappa shape index (κ1) is 28.2. The number of alkyl halides is 3. The molecule has 2 aliphatic heterocycles. The number of carbonyl (C=O) groups is 2. The quantitative estimate of drug-likeness (QED) is 0.298. The van der Waals surface area contributed by atoms with E-state index in [0.717, 1.165) is 17.0 Å². The Balaban J connectivity index is 1.26. The van der Waals surface area contributed by atoms with Gasteiger partial charge in [-0.05, 0) is 60.2 Å². The molecule has 0 atom stereocenters. The Hall–Kier alpha value is -3.35. The van der Waals surface area contributed by atoms with Crippen LogP contribution in [0.25, 0.3) is 17.0 Å². The van der Waals surface area contributed by atoms with Crippen LogP contribution in [0.3, 0.4) is 0 Å². The number of halogens is 4. The third kappa shape index (κ3) is 6.34. The zero-order chi connectivity index (χ0) is 28.4. The van der Waals surface area contributed by atoms with Crippen molar-refractivity contribution in [2.24, 2.45) is 4.99 Å². The Morgan fingerprint density at radius 1 is 1.15 bits per heavy atom. The molecular weight excluding hydrogens is 567 g/mol. The standard InChI is InChI=1S/C27H25ClF3N5O3S/c1-2-39-24(37)16-34-7-9-35(10-8-34)26-33-25(38)23(40-26)12-17-3-6-22-19(11-17)14-32-36(22)15-18-4-5-20(28)13-21(18)27(29,30)31/h3-6,11-14H,2,7-10,15-16H2,1H3. The molecule has 1 amide bonds. The van der Waals surface area contributed by atoms with Crippen molar-refractivity contribution in [1.29, 1.82) is 0 Å². The molecule has 13 heteroatoms. The number of piperazine rings is 1. The summed E-state index contributed by atoms with van der Waals surface area (Å²) in [4.78, 5) is 33.1. The van der Waals surface area contributed by atoms with E-state index in [1.165, 1.54) is 28.6 Å². The van der Waals surface area contributed by atoms with Gasteiger partial charge >= 0.3 is 12.1 Å². The van der Waals surface area contributed by atoms with Gasteiger partial charge in [-0.2, -0.15) is 23.3 Å². The van der Waals surface area contributed by atoms with E-state index < -0.39 is 11.7 Å². The van der Waals surface area contributed by atoms with Crippen LogP contribution in [0.15, 0.2) is 52.5 Å². The minimum atomic E-state index is -4.54. The molecule has 210 valence electrons. The van der Waals surface area contributed by atoms with Crippen molar-refractivity contribution in [3.05, 3.63) is 69.2 Å². The molecule has 1 saturated heterocycles. The van der Waals surface area contributed by atoms with Crippen LogP contribution >= 0.6 is 23.4 Å². The van der Waals surface area contributed by atoms with E-state index in [1.807, 2.05) is 15.9 Å². The van der Waals surface area contributed by atoms with Crippen molar-refractivity contribution in [2.45, 2.75) is 19.6 Å². The second kappa shape index (κ2) is 11.6. The summed E-state index contributed by atoms with van der Waals surface area (Å²) in [6.07, 6.45) is -1.20. The highest BCUT2D eigenvalue weighted by molar-refractivity contribution is 8.18. The fraction of sp³-hybridized carbons (Fsp3) is 0.333. The topological polar surface area (TPSA) is 80.0 Å². The molecule has 0 aliphatic carbocycles. The van der Waals surface area contributed by atoms with Gasteiger partial charge in [0.15, 0.2) is 5.17 Å². The van der Waals surface area contributed by atoms with Gasteiger partial charge in [-0.15, -0.1) is 0 Å². The van der Waals surface area contributed by atoms with E-state index in [1.54, 1.807) is 31.3 Å². The van der Waals surface area contributed by atoms with Crippen molar-refractivity contribution < 1.29 is 27.5 Å². The van der Waals surface area contributed by atoms with Crippen LogP contribution in [0.1, 0.15) is 23.6 Å². The van der Waals surface area contributed by atoms with Gasteiger partial charge in [0.1, 0.15) is 0 Å². The number of aromatic nitrogens is 2. The van der Waals surface area contributed by atoms with E-state index in [2.05, 4.69) is 10.1 Å². The molecule has 0 unspecified atom stereocenters. The average molecular weight is 592 g/mol. The smallest absolute Gasteiger partial charge is 0.416 e. The van der Waals surface area contributed by atoms with Crippen LogP contribution < -0.4 is 0 Å². The van der Waals surface area contributed by atoms with Crippen LogP contribution in [0, 0.1) is 0 Å². The predicted molar refractivity (Wildman–Crippen MR) is 148 cm³/mol. The number of amides is 1. The van der Waals surface area contributed by atoms with Crippen LogP contribution in [0.4, 0.5) is 13.2 Å². The second-order valence-electron chi connectivity index (χ2n) is 9.30. The third-order valence-electron chi connectivity index (χ3n) is 6.57. The maximum absolute atomic E-state index is 13.5. The molecule has 3 heterocycles. The lowest BCUT2D eigenvalue weighted by Gasteiger charge is -2.34. The molecule has 0 bridgehead atoms. The zero-order valence-electron chi connectivity index (χ0n) is 21.4. The highest BCUT2D eigenvalue weighted by Crippen LogP contribution is 2.35. The maximum Gasteiger partial charge on any atom is 0.416 e. The number of ether oxygens (including phenoxy) is 1. The Kier molecular flexibility index (Phi) is 8.20. The number of nitrogens with zero attached hydrogens (tertiary/aromatic N) is 5. The summed E-state index contributed by atoms with van der Waals surface area (Å²) < 4.78 is 47.1. The van der Waals surface area contributed by atoms with Crippen LogP contribution in [0.2, 0.25) is 5.02 Å². The molecule has 1 fully saturated rings. The van der Waals surface area contributed by atoms with Crippen molar-refractivity contribution >= 4 is 57.4 Å². The molecule has 2 aliphatic rings. The molecule has 3 aromatic rings. The minimum absolute atomic E-state index is 0.0156. The van der Waals surface area contributed by atoms with E-state index in [0.29, 0.717) is 48.4 Å². The SMILES string of the molecule is CCOC(=O)CN1CCN(C2=NC(=O)C(=Cc3ccc4c(cnn4Cc4ccc(Cl)cc4C(F)(F)F)c3)S2)CC1. The normalized spacial score (nSPS) is 17.6. The molecule has 0 saturated carbocycles. The van der Waals surface area contributed by atoms with Gasteiger partial charge in [-0.3, -0.25) is 19.2 Å². The summed E-state index contributed by atoms with van der Waals surface area (Å²) in [6, 6.07) is 9.10. The van der Waals surface area contributed by atoms with E-state index in [-0.39, 0.29) is 35.6 Å². The van der Waals surface area contributed by atoms with Crippen LogP contribution in [0.5, 0.6) is 0 Å². The Bertz CT molecular complexity index is 1510. The number of hydrogen-bond acceptors (Lipinski definition) is 7. The van der Waals surface area contributed by atoms with Crippen LogP contribution in [-0.2, 0) is 27.0 Å². The Labute approximate surface area is 237 Å². The highest BCUT2D eigenvalue weighted by Gasteiger charge is 2.34. The molecule has 8 nitrogen and oxygen atoms in total. The first-order valence-electron chi connectivity index (χ1n) is 12.6. The number of aliphatic imine (C=N–C) groups is 1. The van der Waals surface area contributed by atoms with Gasteiger partial charge in [-0.25, -0.2) is 0 Å². The first-order chi connectivity index (χ1) is 19.1. The van der Waals surface area contributed by atoms with E-state index in [9.17, 15) is 22.8 Å². The molecule has 5 rings (SSSR count). The Morgan fingerprint density at radius 2 is 1.93 bits per heavy atom. The minimum Gasteiger partial charge on any atom is -0.465 e. The van der Waals surface area contributed by atoms with Crippen molar-refractivity contribution in [2.75, 3.05) is 39.3 Å². The summed E-state index contributed by atoms with van der Waals surface area (Å²) in [5.41, 5.74) is 0.680. The molecule has 1 aromatic heterocycles. The lowest BCUT2D eigenvalue weighted by molar-refractivity contribution is -0.144. The fourth-order valence-electron chi connectivity index (χ4n) is 4.60. The third-order valence-corrected chi connectivity index (χ3v) is 7.85. The molecule has 0 N–H and O–H groups in total. The number of benzene rings is 2. The fourth-order valence-corrected chi connectivity index (χ4v) is 5.74. The predicted octanol–water partition coefficient (Wildman–Crippen LogP) is 4.91. The van der Waals surface area contributed by atoms with Gasteiger partial charge in [-0.1, -0.05) is 23.7 Å². The number of hydrogen-bond donors (Lipinski definition) is 0. The molecule has 0 radical (unpaired) electrons. The largest absolute Gasteiger partial charge is 0.465 e. The van der Waals surface area contributed by atoms with E-state index in [4.69, 9.17) is 16.3 Å². The number of thioether (sulfide) groups is 1.